The van der Waals surface area contributed by atoms with Gasteiger partial charge in [0.1, 0.15) is 17.6 Å². The minimum absolute atomic E-state index is 0.0130. The van der Waals surface area contributed by atoms with Crippen molar-refractivity contribution in [1.29, 1.82) is 0 Å². The first-order chi connectivity index (χ1) is 15.1. The summed E-state index contributed by atoms with van der Waals surface area (Å²) in [6, 6.07) is 14.9. The van der Waals surface area contributed by atoms with Gasteiger partial charge in [0, 0.05) is 24.7 Å². The molecule has 3 N–H and O–H groups in total. The van der Waals surface area contributed by atoms with E-state index in [1.165, 1.54) is 0 Å². The van der Waals surface area contributed by atoms with Crippen LogP contribution in [0.3, 0.4) is 0 Å². The molecule has 3 aromatic rings. The topological polar surface area (TPSA) is 98.7 Å². The van der Waals surface area contributed by atoms with E-state index in [0.29, 0.717) is 12.2 Å². The van der Waals surface area contributed by atoms with E-state index in [-0.39, 0.29) is 24.8 Å². The maximum atomic E-state index is 12.9. The SMILES string of the molecule is COc1ccccc1-c1cc(NC(=O)C2CC(c3ccc4c(c3)OCO4)NN2)n(C)n1. The van der Waals surface area contributed by atoms with Gasteiger partial charge in [-0.15, -0.1) is 0 Å². The molecule has 0 radical (unpaired) electrons. The molecule has 1 aromatic heterocycles. The van der Waals surface area contributed by atoms with Crippen LogP contribution in [0.15, 0.2) is 48.5 Å². The second-order valence-corrected chi connectivity index (χ2v) is 7.47. The molecular weight excluding hydrogens is 398 g/mol. The van der Waals surface area contributed by atoms with Gasteiger partial charge in [-0.25, -0.2) is 10.9 Å². The Morgan fingerprint density at radius 2 is 2.00 bits per heavy atom. The van der Waals surface area contributed by atoms with Crippen molar-refractivity contribution in [3.63, 3.8) is 0 Å². The number of rotatable bonds is 5. The van der Waals surface area contributed by atoms with Crippen molar-refractivity contribution in [2.24, 2.45) is 7.05 Å². The number of hydrogen-bond donors (Lipinski definition) is 3. The highest BCUT2D eigenvalue weighted by molar-refractivity contribution is 5.95. The van der Waals surface area contributed by atoms with Crippen molar-refractivity contribution >= 4 is 11.7 Å². The minimum atomic E-state index is -0.389. The summed E-state index contributed by atoms with van der Waals surface area (Å²) in [7, 11) is 3.42. The lowest BCUT2D eigenvalue weighted by Gasteiger charge is -2.11. The van der Waals surface area contributed by atoms with Gasteiger partial charge in [-0.3, -0.25) is 9.48 Å². The summed E-state index contributed by atoms with van der Waals surface area (Å²) >= 11 is 0. The predicted octanol–water partition coefficient (Wildman–Crippen LogP) is 2.37. The Morgan fingerprint density at radius 3 is 2.87 bits per heavy atom. The highest BCUT2D eigenvalue weighted by Crippen LogP contribution is 2.36. The quantitative estimate of drug-likeness (QED) is 0.582. The molecule has 5 rings (SSSR count). The lowest BCUT2D eigenvalue weighted by atomic mass is 10.0. The number of aromatic nitrogens is 2. The van der Waals surface area contributed by atoms with Gasteiger partial charge in [0.05, 0.1) is 12.8 Å². The molecule has 0 bridgehead atoms. The molecule has 2 atom stereocenters. The number of nitrogens with one attached hydrogen (secondary N) is 3. The van der Waals surface area contributed by atoms with E-state index < -0.39 is 0 Å². The summed E-state index contributed by atoms with van der Waals surface area (Å²) in [6.07, 6.45) is 0.600. The Kier molecular flexibility index (Phi) is 4.97. The van der Waals surface area contributed by atoms with Crippen molar-refractivity contribution in [1.82, 2.24) is 20.6 Å². The number of ether oxygens (including phenoxy) is 3. The fourth-order valence-corrected chi connectivity index (χ4v) is 3.86. The van der Waals surface area contributed by atoms with E-state index in [4.69, 9.17) is 14.2 Å². The van der Waals surface area contributed by atoms with E-state index in [2.05, 4.69) is 21.3 Å². The number of benzene rings is 2. The third kappa shape index (κ3) is 3.69. The van der Waals surface area contributed by atoms with Crippen LogP contribution in [-0.4, -0.2) is 35.6 Å². The Balaban J connectivity index is 1.27. The number of aryl methyl sites for hydroxylation is 1. The third-order valence-electron chi connectivity index (χ3n) is 5.53. The van der Waals surface area contributed by atoms with Crippen molar-refractivity contribution in [3.05, 3.63) is 54.1 Å². The first kappa shape index (κ1) is 19.4. The lowest BCUT2D eigenvalue weighted by Crippen LogP contribution is -2.39. The van der Waals surface area contributed by atoms with Gasteiger partial charge in [0.15, 0.2) is 11.5 Å². The summed E-state index contributed by atoms with van der Waals surface area (Å²) in [5.41, 5.74) is 8.91. The molecular formula is C22H23N5O4. The molecule has 2 aromatic carbocycles. The Morgan fingerprint density at radius 1 is 1.16 bits per heavy atom. The zero-order valence-corrected chi connectivity index (χ0v) is 17.2. The summed E-state index contributed by atoms with van der Waals surface area (Å²) in [5.74, 6) is 2.67. The van der Waals surface area contributed by atoms with Gasteiger partial charge < -0.3 is 19.5 Å². The predicted molar refractivity (Wildman–Crippen MR) is 114 cm³/mol. The zero-order chi connectivity index (χ0) is 21.4. The van der Waals surface area contributed by atoms with Crippen molar-refractivity contribution < 1.29 is 19.0 Å². The minimum Gasteiger partial charge on any atom is -0.496 e. The summed E-state index contributed by atoms with van der Waals surface area (Å²) < 4.78 is 17.9. The van der Waals surface area contributed by atoms with Crippen molar-refractivity contribution in [2.45, 2.75) is 18.5 Å². The maximum absolute atomic E-state index is 12.9. The molecule has 31 heavy (non-hydrogen) atoms. The van der Waals surface area contributed by atoms with Crippen LogP contribution in [0.1, 0.15) is 18.0 Å². The van der Waals surface area contributed by atoms with Crippen molar-refractivity contribution in [2.75, 3.05) is 19.2 Å². The van der Waals surface area contributed by atoms with Crippen LogP contribution in [0.25, 0.3) is 11.3 Å². The average molecular weight is 421 g/mol. The van der Waals surface area contributed by atoms with E-state index in [0.717, 1.165) is 34.1 Å². The highest BCUT2D eigenvalue weighted by atomic mass is 16.7. The van der Waals surface area contributed by atoms with Gasteiger partial charge in [-0.05, 0) is 36.2 Å². The smallest absolute Gasteiger partial charge is 0.244 e. The number of hydrazine groups is 1. The second kappa shape index (κ2) is 7.93. The number of anilines is 1. The molecule has 0 aliphatic carbocycles. The molecule has 2 aliphatic heterocycles. The van der Waals surface area contributed by atoms with E-state index >= 15 is 0 Å². The number of nitrogens with zero attached hydrogens (tertiary/aromatic N) is 2. The zero-order valence-electron chi connectivity index (χ0n) is 17.2. The average Bonchev–Trinajstić information content (AvgIpc) is 3.53. The standard InChI is InChI=1S/C22H23N5O4/c1-27-21(11-16(26-27)14-5-3-4-6-18(14)29-2)23-22(28)17-10-15(24-25-17)13-7-8-19-20(9-13)31-12-30-19/h3-9,11,15,17,24-25H,10,12H2,1-2H3,(H,23,28). The Labute approximate surface area is 179 Å². The number of para-hydroxylation sites is 1. The van der Waals surface area contributed by atoms with Crippen LogP contribution >= 0.6 is 0 Å². The lowest BCUT2D eigenvalue weighted by molar-refractivity contribution is -0.117. The number of hydrogen-bond acceptors (Lipinski definition) is 7. The fourth-order valence-electron chi connectivity index (χ4n) is 3.86. The number of methoxy groups -OCH3 is 1. The molecule has 1 amide bonds. The van der Waals surface area contributed by atoms with E-state index in [9.17, 15) is 4.79 Å². The van der Waals surface area contributed by atoms with E-state index in [1.807, 2.05) is 48.5 Å². The molecule has 9 heteroatoms. The maximum Gasteiger partial charge on any atom is 0.244 e. The van der Waals surface area contributed by atoms with Crippen LogP contribution in [-0.2, 0) is 11.8 Å². The van der Waals surface area contributed by atoms with Gasteiger partial charge in [0.2, 0.25) is 12.7 Å². The van der Waals surface area contributed by atoms with Gasteiger partial charge in [-0.1, -0.05) is 18.2 Å². The van der Waals surface area contributed by atoms with E-state index in [1.54, 1.807) is 18.8 Å². The third-order valence-corrected chi connectivity index (χ3v) is 5.53. The highest BCUT2D eigenvalue weighted by Gasteiger charge is 2.31. The van der Waals surface area contributed by atoms with Gasteiger partial charge in [-0.2, -0.15) is 5.10 Å². The fraction of sp³-hybridized carbons (Fsp3) is 0.273. The molecule has 2 unspecified atom stereocenters. The number of fused-ring (bicyclic) bond motifs is 1. The Hall–Kier alpha value is -3.56. The number of amides is 1. The number of carbonyl (C=O) groups excluding carboxylic acids is 1. The molecule has 0 saturated carbocycles. The monoisotopic (exact) mass is 421 g/mol. The molecule has 9 nitrogen and oxygen atoms in total. The molecule has 1 saturated heterocycles. The second-order valence-electron chi connectivity index (χ2n) is 7.47. The summed E-state index contributed by atoms with van der Waals surface area (Å²) in [5, 5.41) is 7.49. The van der Waals surface area contributed by atoms with Crippen LogP contribution < -0.4 is 30.4 Å². The van der Waals surface area contributed by atoms with Crippen LogP contribution in [0.2, 0.25) is 0 Å². The van der Waals surface area contributed by atoms with Crippen molar-refractivity contribution in [3.8, 4) is 28.5 Å². The number of carbonyl (C=O) groups is 1. The van der Waals surface area contributed by atoms with Gasteiger partial charge >= 0.3 is 0 Å². The first-order valence-electron chi connectivity index (χ1n) is 10.0. The molecule has 0 spiro atoms. The van der Waals surface area contributed by atoms with Crippen LogP contribution in [0.4, 0.5) is 5.82 Å². The van der Waals surface area contributed by atoms with Crippen LogP contribution in [0.5, 0.6) is 17.2 Å². The van der Waals surface area contributed by atoms with Crippen LogP contribution in [0, 0.1) is 0 Å². The Bertz CT molecular complexity index is 1130. The first-order valence-corrected chi connectivity index (χ1v) is 10.0. The summed E-state index contributed by atoms with van der Waals surface area (Å²) in [4.78, 5) is 12.9. The largest absolute Gasteiger partial charge is 0.496 e. The molecule has 2 aliphatic rings. The summed E-state index contributed by atoms with van der Waals surface area (Å²) in [6.45, 7) is 0.238. The molecule has 3 heterocycles. The van der Waals surface area contributed by atoms with Gasteiger partial charge in [0.25, 0.3) is 0 Å². The molecule has 160 valence electrons. The normalized spacial score (nSPS) is 19.4. The molecule has 1 fully saturated rings.